The number of imidazole rings is 1. The van der Waals surface area contributed by atoms with Gasteiger partial charge in [0.25, 0.3) is 0 Å². The fourth-order valence-corrected chi connectivity index (χ4v) is 4.42. The Morgan fingerprint density at radius 2 is 1.78 bits per heavy atom. The first-order chi connectivity index (χ1) is 13.0. The Balaban J connectivity index is 2.01. The van der Waals surface area contributed by atoms with Crippen LogP contribution in [-0.4, -0.2) is 15.7 Å². The highest BCUT2D eigenvalue weighted by Gasteiger charge is 2.22. The first-order valence-corrected chi connectivity index (χ1v) is 9.68. The third-order valence-corrected chi connectivity index (χ3v) is 6.10. The summed E-state index contributed by atoms with van der Waals surface area (Å²) in [6.45, 7) is 6.19. The largest absolute Gasteiger partial charge is 0.296 e. The second kappa shape index (κ2) is 6.74. The fourth-order valence-electron chi connectivity index (χ4n) is 3.33. The Labute approximate surface area is 161 Å². The van der Waals surface area contributed by atoms with Gasteiger partial charge in [-0.25, -0.2) is 9.37 Å². The zero-order valence-corrected chi connectivity index (χ0v) is 16.2. The molecule has 4 aromatic rings. The second-order valence-electron chi connectivity index (χ2n) is 6.61. The number of carbonyl (C=O) groups is 1. The van der Waals surface area contributed by atoms with E-state index in [-0.39, 0.29) is 5.82 Å². The molecule has 5 heteroatoms. The lowest BCUT2D eigenvalue weighted by Crippen LogP contribution is -1.96. The van der Waals surface area contributed by atoms with Crippen LogP contribution in [0.3, 0.4) is 0 Å². The van der Waals surface area contributed by atoms with E-state index in [1.165, 1.54) is 17.7 Å². The quantitative estimate of drug-likeness (QED) is 0.417. The van der Waals surface area contributed by atoms with E-state index < -0.39 is 0 Å². The van der Waals surface area contributed by atoms with E-state index in [0.29, 0.717) is 11.4 Å². The van der Waals surface area contributed by atoms with E-state index >= 15 is 0 Å². The van der Waals surface area contributed by atoms with Crippen molar-refractivity contribution in [3.05, 3.63) is 70.0 Å². The number of hydrogen-bond donors (Lipinski definition) is 0. The molecule has 0 atom stereocenters. The molecule has 0 aliphatic rings. The molecule has 2 aromatic carbocycles. The van der Waals surface area contributed by atoms with Crippen molar-refractivity contribution in [1.82, 2.24) is 9.38 Å². The normalized spacial score (nSPS) is 11.3. The zero-order chi connectivity index (χ0) is 19.1. The predicted octanol–water partition coefficient (Wildman–Crippen LogP) is 5.86. The van der Waals surface area contributed by atoms with Crippen molar-refractivity contribution in [2.45, 2.75) is 27.2 Å². The van der Waals surface area contributed by atoms with Crippen LogP contribution in [0, 0.1) is 19.7 Å². The lowest BCUT2D eigenvalue weighted by molar-refractivity contribution is 0.111. The van der Waals surface area contributed by atoms with Gasteiger partial charge in [0.15, 0.2) is 11.2 Å². The molecule has 0 saturated heterocycles. The first-order valence-electron chi connectivity index (χ1n) is 8.86. The van der Waals surface area contributed by atoms with Crippen LogP contribution in [0.4, 0.5) is 4.39 Å². The highest BCUT2D eigenvalue weighted by Crippen LogP contribution is 2.36. The van der Waals surface area contributed by atoms with Crippen molar-refractivity contribution >= 4 is 22.6 Å². The maximum Gasteiger partial charge on any atom is 0.195 e. The van der Waals surface area contributed by atoms with Crippen molar-refractivity contribution in [3.63, 3.8) is 0 Å². The molecule has 0 amide bonds. The molecule has 0 aliphatic carbocycles. The van der Waals surface area contributed by atoms with Gasteiger partial charge in [-0.05, 0) is 67.3 Å². The minimum absolute atomic E-state index is 0.277. The summed E-state index contributed by atoms with van der Waals surface area (Å²) in [5, 5.41) is 0. The van der Waals surface area contributed by atoms with E-state index in [0.717, 1.165) is 44.9 Å². The van der Waals surface area contributed by atoms with Crippen molar-refractivity contribution in [2.24, 2.45) is 0 Å². The molecule has 0 spiro atoms. The van der Waals surface area contributed by atoms with Gasteiger partial charge in [0.1, 0.15) is 17.2 Å². The van der Waals surface area contributed by atoms with Crippen LogP contribution in [0.1, 0.15) is 33.4 Å². The third kappa shape index (κ3) is 2.88. The number of hydrogen-bond acceptors (Lipinski definition) is 3. The number of carbonyl (C=O) groups excluding carboxylic acids is 1. The lowest BCUT2D eigenvalue weighted by atomic mass is 10.0. The number of halogens is 1. The van der Waals surface area contributed by atoms with Gasteiger partial charge in [-0.1, -0.05) is 19.1 Å². The lowest BCUT2D eigenvalue weighted by Gasteiger charge is -2.07. The van der Waals surface area contributed by atoms with Crippen molar-refractivity contribution in [2.75, 3.05) is 0 Å². The molecule has 3 nitrogen and oxygen atoms in total. The SMILES string of the molecule is CCc1sc2nc(-c3ccc(C)c(C)c3)c(C=O)n2c1-c1ccc(F)cc1. The molecule has 2 heterocycles. The van der Waals surface area contributed by atoms with Crippen LogP contribution >= 0.6 is 11.3 Å². The number of aromatic nitrogens is 2. The second-order valence-corrected chi connectivity index (χ2v) is 7.68. The molecule has 136 valence electrons. The van der Waals surface area contributed by atoms with E-state index in [4.69, 9.17) is 4.98 Å². The van der Waals surface area contributed by atoms with Gasteiger partial charge in [0.2, 0.25) is 0 Å². The van der Waals surface area contributed by atoms with E-state index in [9.17, 15) is 9.18 Å². The van der Waals surface area contributed by atoms with E-state index in [1.807, 2.05) is 16.5 Å². The molecule has 2 aromatic heterocycles. The number of nitrogens with zero attached hydrogens (tertiary/aromatic N) is 2. The first kappa shape index (κ1) is 17.6. The maximum absolute atomic E-state index is 13.4. The number of fused-ring (bicyclic) bond motifs is 1. The van der Waals surface area contributed by atoms with Crippen molar-refractivity contribution in [3.8, 4) is 22.5 Å². The standard InChI is InChI=1S/C22H19FN2OS/c1-4-19-21(15-7-9-17(23)10-8-15)25-18(12-26)20(24-22(25)27-19)16-6-5-13(2)14(3)11-16/h5-12H,4H2,1-3H3. The topological polar surface area (TPSA) is 34.4 Å². The molecule has 0 aliphatic heterocycles. The zero-order valence-electron chi connectivity index (χ0n) is 15.4. The van der Waals surface area contributed by atoms with E-state index in [1.54, 1.807) is 23.5 Å². The highest BCUT2D eigenvalue weighted by atomic mass is 32.1. The number of thiazole rings is 1. The van der Waals surface area contributed by atoms with Crippen LogP contribution < -0.4 is 0 Å². The van der Waals surface area contributed by atoms with Gasteiger partial charge in [0.05, 0.1) is 5.69 Å². The minimum atomic E-state index is -0.277. The molecule has 4 rings (SSSR count). The highest BCUT2D eigenvalue weighted by molar-refractivity contribution is 7.17. The van der Waals surface area contributed by atoms with Crippen LogP contribution in [0.2, 0.25) is 0 Å². The van der Waals surface area contributed by atoms with Crippen LogP contribution in [0.25, 0.3) is 27.5 Å². The Kier molecular flexibility index (Phi) is 4.40. The molecular formula is C22H19FN2OS. The maximum atomic E-state index is 13.4. The third-order valence-electron chi connectivity index (χ3n) is 4.92. The van der Waals surface area contributed by atoms with Gasteiger partial charge in [-0.2, -0.15) is 0 Å². The Morgan fingerprint density at radius 1 is 1.07 bits per heavy atom. The summed E-state index contributed by atoms with van der Waals surface area (Å²) >= 11 is 1.57. The van der Waals surface area contributed by atoms with Crippen LogP contribution in [0.5, 0.6) is 0 Å². The molecule has 0 saturated carbocycles. The van der Waals surface area contributed by atoms with Gasteiger partial charge < -0.3 is 0 Å². The van der Waals surface area contributed by atoms with Crippen LogP contribution in [-0.2, 0) is 6.42 Å². The van der Waals surface area contributed by atoms with E-state index in [2.05, 4.69) is 26.8 Å². The summed E-state index contributed by atoms with van der Waals surface area (Å²) in [4.78, 5) is 18.7. The summed E-state index contributed by atoms with van der Waals surface area (Å²) in [7, 11) is 0. The van der Waals surface area contributed by atoms with Gasteiger partial charge in [0, 0.05) is 10.4 Å². The van der Waals surface area contributed by atoms with Gasteiger partial charge >= 0.3 is 0 Å². The molecular weight excluding hydrogens is 359 g/mol. The van der Waals surface area contributed by atoms with Crippen molar-refractivity contribution < 1.29 is 9.18 Å². The predicted molar refractivity (Wildman–Crippen MR) is 108 cm³/mol. The number of rotatable bonds is 4. The van der Waals surface area contributed by atoms with Gasteiger partial charge in [-0.3, -0.25) is 9.20 Å². The summed E-state index contributed by atoms with van der Waals surface area (Å²) < 4.78 is 15.3. The number of aryl methyl sites for hydroxylation is 3. The summed E-state index contributed by atoms with van der Waals surface area (Å²) in [5.74, 6) is -0.277. The Bertz CT molecular complexity index is 1160. The summed E-state index contributed by atoms with van der Waals surface area (Å²) in [6, 6.07) is 12.5. The van der Waals surface area contributed by atoms with Crippen molar-refractivity contribution in [1.29, 1.82) is 0 Å². The average molecular weight is 378 g/mol. The molecule has 0 unspecified atom stereocenters. The monoisotopic (exact) mass is 378 g/mol. The molecule has 0 radical (unpaired) electrons. The summed E-state index contributed by atoms with van der Waals surface area (Å²) in [6.07, 6.45) is 1.68. The average Bonchev–Trinajstić information content (AvgIpc) is 3.20. The number of benzene rings is 2. The Morgan fingerprint density at radius 3 is 2.41 bits per heavy atom. The summed E-state index contributed by atoms with van der Waals surface area (Å²) in [5.41, 5.74) is 6.31. The molecule has 27 heavy (non-hydrogen) atoms. The molecule has 0 N–H and O–H groups in total. The molecule has 0 bridgehead atoms. The number of aldehydes is 1. The fraction of sp³-hybridized carbons (Fsp3) is 0.182. The minimum Gasteiger partial charge on any atom is -0.296 e. The Hall–Kier alpha value is -2.79. The smallest absolute Gasteiger partial charge is 0.195 e. The van der Waals surface area contributed by atoms with Crippen LogP contribution in [0.15, 0.2) is 42.5 Å². The molecule has 0 fully saturated rings. The van der Waals surface area contributed by atoms with Gasteiger partial charge in [-0.15, -0.1) is 11.3 Å².